The maximum atomic E-state index is 6.53. The lowest BCUT2D eigenvalue weighted by atomic mass is 10.1. The molecule has 0 amide bonds. The molecule has 2 aromatic heterocycles. The molecule has 0 aliphatic carbocycles. The number of para-hydroxylation sites is 2. The lowest BCUT2D eigenvalue weighted by Crippen LogP contribution is -2.10. The third-order valence-electron chi connectivity index (χ3n) is 8.55. The fourth-order valence-corrected chi connectivity index (χ4v) is 6.65. The number of nitrogens with zero attached hydrogens (tertiary/aromatic N) is 2. The summed E-state index contributed by atoms with van der Waals surface area (Å²) in [6, 6.07) is 55.9. The molecule has 3 heteroatoms. The van der Waals surface area contributed by atoms with Crippen LogP contribution in [-0.4, -0.2) is 4.57 Å². The summed E-state index contributed by atoms with van der Waals surface area (Å²) in [4.78, 5) is 2.32. The number of fused-ring (bicyclic) bond motifs is 3. The first-order valence-corrected chi connectivity index (χ1v) is 14.6. The van der Waals surface area contributed by atoms with E-state index in [4.69, 9.17) is 4.42 Å². The smallest absolute Gasteiger partial charge is 0.137 e. The summed E-state index contributed by atoms with van der Waals surface area (Å²) in [6.07, 6.45) is 0. The van der Waals surface area contributed by atoms with Crippen LogP contribution in [0.25, 0.3) is 60.2 Å². The highest BCUT2D eigenvalue weighted by molar-refractivity contribution is 6.26. The summed E-state index contributed by atoms with van der Waals surface area (Å²) in [5.41, 5.74) is 8.55. The molecule has 0 saturated carbocycles. The number of anilines is 3. The van der Waals surface area contributed by atoms with E-state index >= 15 is 0 Å². The van der Waals surface area contributed by atoms with Gasteiger partial charge < -0.3 is 13.9 Å². The maximum absolute atomic E-state index is 6.53. The third kappa shape index (κ3) is 3.68. The van der Waals surface area contributed by atoms with E-state index in [1.165, 1.54) is 27.1 Å². The van der Waals surface area contributed by atoms with Crippen LogP contribution in [-0.2, 0) is 0 Å². The van der Waals surface area contributed by atoms with Crippen molar-refractivity contribution in [3.05, 3.63) is 158 Å². The van der Waals surface area contributed by atoms with Crippen molar-refractivity contribution in [1.29, 1.82) is 0 Å². The Morgan fingerprint density at radius 2 is 1.05 bits per heavy atom. The minimum Gasteiger partial charge on any atom is -0.456 e. The predicted octanol–water partition coefficient (Wildman–Crippen LogP) is 11.3. The number of benzene rings is 7. The highest BCUT2D eigenvalue weighted by Gasteiger charge is 2.19. The first kappa shape index (κ1) is 23.9. The zero-order valence-electron chi connectivity index (χ0n) is 23.3. The van der Waals surface area contributed by atoms with Gasteiger partial charge in [-0.05, 0) is 89.0 Å². The van der Waals surface area contributed by atoms with Gasteiger partial charge in [-0.25, -0.2) is 0 Å². The molecule has 0 saturated heterocycles. The molecular weight excluding hydrogens is 524 g/mol. The summed E-state index contributed by atoms with van der Waals surface area (Å²) in [7, 11) is 0. The Labute approximate surface area is 248 Å². The van der Waals surface area contributed by atoms with Gasteiger partial charge in [0.15, 0.2) is 0 Å². The normalized spacial score (nSPS) is 11.7. The largest absolute Gasteiger partial charge is 0.456 e. The van der Waals surface area contributed by atoms with Crippen molar-refractivity contribution < 1.29 is 4.42 Å². The molecule has 0 atom stereocenters. The summed E-state index contributed by atoms with van der Waals surface area (Å²) >= 11 is 0. The molecule has 0 aliphatic heterocycles. The fraction of sp³-hybridized carbons (Fsp3) is 0. The second-order valence-corrected chi connectivity index (χ2v) is 11.0. The highest BCUT2D eigenvalue weighted by Crippen LogP contribution is 2.42. The number of aromatic nitrogens is 1. The lowest BCUT2D eigenvalue weighted by molar-refractivity contribution is 0.664. The first-order valence-electron chi connectivity index (χ1n) is 14.6. The highest BCUT2D eigenvalue weighted by atomic mass is 16.3. The summed E-state index contributed by atoms with van der Waals surface area (Å²) < 4.78 is 8.89. The van der Waals surface area contributed by atoms with Gasteiger partial charge in [-0.1, -0.05) is 84.9 Å². The van der Waals surface area contributed by atoms with Crippen molar-refractivity contribution >= 4 is 71.6 Å². The van der Waals surface area contributed by atoms with Crippen molar-refractivity contribution in [3.63, 3.8) is 0 Å². The molecule has 43 heavy (non-hydrogen) atoms. The SMILES string of the molecule is c1ccc(N(c2ccc(-n3c4cccc5oc6ccccc6c6cccc3c6c54)cc2)c2ccc3ccccc3c2)cc1. The molecule has 9 aromatic rings. The zero-order valence-corrected chi connectivity index (χ0v) is 23.3. The third-order valence-corrected chi connectivity index (χ3v) is 8.55. The Hall–Kier alpha value is -5.80. The molecule has 3 nitrogen and oxygen atoms in total. The zero-order chi connectivity index (χ0) is 28.3. The van der Waals surface area contributed by atoms with E-state index in [1.54, 1.807) is 0 Å². The number of hydrogen-bond acceptors (Lipinski definition) is 2. The van der Waals surface area contributed by atoms with Gasteiger partial charge >= 0.3 is 0 Å². The standard InChI is InChI=1S/C40H26N2O/c1-2-12-29(13-3-1)41(32-21-20-27-10-4-5-11-28(27)26-32)30-22-24-31(25-23-30)42-35-16-8-15-34-33-14-6-7-18-37(33)43-38-19-9-17-36(42)40(38)39(34)35/h1-26H. The van der Waals surface area contributed by atoms with Crippen LogP contribution < -0.4 is 4.90 Å². The van der Waals surface area contributed by atoms with Crippen molar-refractivity contribution in [2.45, 2.75) is 0 Å². The lowest BCUT2D eigenvalue weighted by Gasteiger charge is -2.26. The summed E-state index contributed by atoms with van der Waals surface area (Å²) in [5.74, 6) is 0. The average molecular weight is 551 g/mol. The predicted molar refractivity (Wildman–Crippen MR) is 180 cm³/mol. The molecule has 2 heterocycles. The fourth-order valence-electron chi connectivity index (χ4n) is 6.65. The Bertz CT molecular complexity index is 2450. The Balaban J connectivity index is 1.25. The first-order chi connectivity index (χ1) is 21.3. The summed E-state index contributed by atoms with van der Waals surface area (Å²) in [6.45, 7) is 0. The van der Waals surface area contributed by atoms with Gasteiger partial charge in [-0.15, -0.1) is 0 Å². The van der Waals surface area contributed by atoms with Crippen LogP contribution in [0.4, 0.5) is 17.1 Å². The number of hydrogen-bond donors (Lipinski definition) is 0. The van der Waals surface area contributed by atoms with Crippen LogP contribution in [0, 0.1) is 0 Å². The topological polar surface area (TPSA) is 21.3 Å². The van der Waals surface area contributed by atoms with Gasteiger partial charge in [-0.3, -0.25) is 0 Å². The van der Waals surface area contributed by atoms with E-state index in [2.05, 4.69) is 161 Å². The van der Waals surface area contributed by atoms with Crippen molar-refractivity contribution in [2.75, 3.05) is 4.90 Å². The van der Waals surface area contributed by atoms with Crippen molar-refractivity contribution in [3.8, 4) is 5.69 Å². The molecular formula is C40H26N2O. The van der Waals surface area contributed by atoms with Gasteiger partial charge in [0.05, 0.1) is 16.4 Å². The van der Waals surface area contributed by atoms with Gasteiger partial charge in [0.25, 0.3) is 0 Å². The van der Waals surface area contributed by atoms with Gasteiger partial charge in [0.1, 0.15) is 11.2 Å². The minimum atomic E-state index is 0.891. The molecule has 0 spiro atoms. The second kappa shape index (κ2) is 9.37. The maximum Gasteiger partial charge on any atom is 0.137 e. The molecule has 0 N–H and O–H groups in total. The molecule has 0 fully saturated rings. The van der Waals surface area contributed by atoms with E-state index < -0.39 is 0 Å². The molecule has 0 unspecified atom stereocenters. The van der Waals surface area contributed by atoms with E-state index in [0.717, 1.165) is 50.2 Å². The van der Waals surface area contributed by atoms with Crippen LogP contribution in [0.15, 0.2) is 162 Å². The van der Waals surface area contributed by atoms with Crippen LogP contribution in [0.1, 0.15) is 0 Å². The van der Waals surface area contributed by atoms with E-state index in [9.17, 15) is 0 Å². The van der Waals surface area contributed by atoms with Crippen molar-refractivity contribution in [2.24, 2.45) is 0 Å². The quantitative estimate of drug-likeness (QED) is 0.217. The van der Waals surface area contributed by atoms with Crippen LogP contribution in [0.5, 0.6) is 0 Å². The minimum absolute atomic E-state index is 0.891. The summed E-state index contributed by atoms with van der Waals surface area (Å²) in [5, 5.41) is 7.15. The molecule has 0 aliphatic rings. The van der Waals surface area contributed by atoms with Crippen LogP contribution >= 0.6 is 0 Å². The molecule has 0 bridgehead atoms. The van der Waals surface area contributed by atoms with Gasteiger partial charge in [-0.2, -0.15) is 0 Å². The molecule has 202 valence electrons. The molecule has 0 radical (unpaired) electrons. The van der Waals surface area contributed by atoms with Crippen LogP contribution in [0.3, 0.4) is 0 Å². The van der Waals surface area contributed by atoms with Crippen molar-refractivity contribution in [1.82, 2.24) is 4.57 Å². The van der Waals surface area contributed by atoms with Gasteiger partial charge in [0, 0.05) is 33.5 Å². The monoisotopic (exact) mass is 550 g/mol. The second-order valence-electron chi connectivity index (χ2n) is 11.0. The van der Waals surface area contributed by atoms with E-state index in [0.29, 0.717) is 0 Å². The Kier molecular flexibility index (Phi) is 5.20. The van der Waals surface area contributed by atoms with E-state index in [-0.39, 0.29) is 0 Å². The van der Waals surface area contributed by atoms with Gasteiger partial charge in [0.2, 0.25) is 0 Å². The number of rotatable bonds is 4. The average Bonchev–Trinajstić information content (AvgIpc) is 3.33. The Morgan fingerprint density at radius 3 is 1.91 bits per heavy atom. The molecule has 9 rings (SSSR count). The van der Waals surface area contributed by atoms with E-state index in [1.807, 2.05) is 6.07 Å². The van der Waals surface area contributed by atoms with Crippen LogP contribution in [0.2, 0.25) is 0 Å². The molecule has 7 aromatic carbocycles. The Morgan fingerprint density at radius 1 is 0.419 bits per heavy atom.